The molecule has 106 valence electrons. The lowest BCUT2D eigenvalue weighted by atomic mass is 10.1. The second-order valence-corrected chi connectivity index (χ2v) is 4.95. The summed E-state index contributed by atoms with van der Waals surface area (Å²) in [6.45, 7) is 3.33. The van der Waals surface area contributed by atoms with Crippen LogP contribution in [-0.4, -0.2) is 30.4 Å². The molecule has 4 heteroatoms. The molecule has 0 heterocycles. The van der Waals surface area contributed by atoms with E-state index in [4.69, 9.17) is 0 Å². The van der Waals surface area contributed by atoms with Gasteiger partial charge < -0.3 is 10.2 Å². The van der Waals surface area contributed by atoms with Gasteiger partial charge in [-0.3, -0.25) is 4.79 Å². The van der Waals surface area contributed by atoms with Crippen molar-refractivity contribution in [3.05, 3.63) is 35.4 Å². The van der Waals surface area contributed by atoms with Crippen LogP contribution in [0.25, 0.3) is 0 Å². The Balaban J connectivity index is 0.00000180. The average molecular weight is 283 g/mol. The fourth-order valence-electron chi connectivity index (χ4n) is 2.14. The highest BCUT2D eigenvalue weighted by atomic mass is 35.5. The number of aryl methyl sites for hydroxylation is 1. The van der Waals surface area contributed by atoms with Gasteiger partial charge in [0.2, 0.25) is 5.91 Å². The van der Waals surface area contributed by atoms with Crippen molar-refractivity contribution in [2.24, 2.45) is 0 Å². The number of hydrogen-bond donors (Lipinski definition) is 1. The fourth-order valence-corrected chi connectivity index (χ4v) is 2.14. The van der Waals surface area contributed by atoms with Gasteiger partial charge >= 0.3 is 0 Å². The second kappa shape index (κ2) is 7.51. The van der Waals surface area contributed by atoms with Crippen LogP contribution in [0.4, 0.5) is 0 Å². The van der Waals surface area contributed by atoms with Crippen molar-refractivity contribution in [3.8, 4) is 0 Å². The number of amides is 1. The number of hydrogen-bond acceptors (Lipinski definition) is 2. The molecule has 2 rings (SSSR count). The minimum absolute atomic E-state index is 0. The SMILES string of the molecule is CCc1ccc(CN(C(=O)CNC)C2CC2)cc1.Cl. The van der Waals surface area contributed by atoms with E-state index in [2.05, 4.69) is 36.5 Å². The molecule has 0 saturated heterocycles. The van der Waals surface area contributed by atoms with E-state index in [0.29, 0.717) is 12.6 Å². The second-order valence-electron chi connectivity index (χ2n) is 4.95. The molecule has 0 radical (unpaired) electrons. The highest BCUT2D eigenvalue weighted by Crippen LogP contribution is 2.28. The third-order valence-electron chi connectivity index (χ3n) is 3.42. The summed E-state index contributed by atoms with van der Waals surface area (Å²) in [6.07, 6.45) is 3.37. The molecule has 1 aromatic carbocycles. The van der Waals surface area contributed by atoms with Gasteiger partial charge in [-0.05, 0) is 37.4 Å². The standard InChI is InChI=1S/C15H22N2O.ClH/c1-3-12-4-6-13(7-5-12)11-17(14-8-9-14)15(18)10-16-2;/h4-7,14,16H,3,8-11H2,1-2H3;1H. The maximum absolute atomic E-state index is 12.0. The summed E-state index contributed by atoms with van der Waals surface area (Å²) in [4.78, 5) is 14.0. The Bertz CT molecular complexity index is 401. The summed E-state index contributed by atoms with van der Waals surface area (Å²) in [6, 6.07) is 9.06. The highest BCUT2D eigenvalue weighted by molar-refractivity contribution is 5.85. The van der Waals surface area contributed by atoms with Crippen molar-refractivity contribution >= 4 is 18.3 Å². The van der Waals surface area contributed by atoms with Crippen LogP contribution in [0.15, 0.2) is 24.3 Å². The molecule has 1 amide bonds. The Kier molecular flexibility index (Phi) is 6.32. The van der Waals surface area contributed by atoms with E-state index in [1.165, 1.54) is 11.1 Å². The molecule has 19 heavy (non-hydrogen) atoms. The van der Waals surface area contributed by atoms with Gasteiger partial charge in [0.15, 0.2) is 0 Å². The van der Waals surface area contributed by atoms with Gasteiger partial charge in [0.05, 0.1) is 6.54 Å². The Morgan fingerprint density at radius 3 is 2.32 bits per heavy atom. The van der Waals surface area contributed by atoms with Gasteiger partial charge in [-0.1, -0.05) is 31.2 Å². The number of halogens is 1. The zero-order chi connectivity index (χ0) is 13.0. The fraction of sp³-hybridized carbons (Fsp3) is 0.533. The molecule has 0 aromatic heterocycles. The maximum Gasteiger partial charge on any atom is 0.237 e. The average Bonchev–Trinajstić information content (AvgIpc) is 3.21. The molecule has 0 aliphatic heterocycles. The Hall–Kier alpha value is -1.06. The van der Waals surface area contributed by atoms with E-state index in [0.717, 1.165) is 25.8 Å². The zero-order valence-electron chi connectivity index (χ0n) is 11.7. The van der Waals surface area contributed by atoms with Crippen molar-refractivity contribution in [3.63, 3.8) is 0 Å². The first-order valence-electron chi connectivity index (χ1n) is 6.76. The van der Waals surface area contributed by atoms with Crippen LogP contribution >= 0.6 is 12.4 Å². The molecule has 0 atom stereocenters. The molecule has 3 nitrogen and oxygen atoms in total. The first-order valence-corrected chi connectivity index (χ1v) is 6.76. The van der Waals surface area contributed by atoms with Crippen LogP contribution in [0.3, 0.4) is 0 Å². The number of likely N-dealkylation sites (N-methyl/N-ethyl adjacent to an activating group) is 1. The Labute approximate surface area is 121 Å². The lowest BCUT2D eigenvalue weighted by molar-refractivity contribution is -0.131. The van der Waals surface area contributed by atoms with Crippen LogP contribution in [0, 0.1) is 0 Å². The van der Waals surface area contributed by atoms with E-state index in [9.17, 15) is 4.79 Å². The normalized spacial score (nSPS) is 13.8. The minimum atomic E-state index is 0. The number of carbonyl (C=O) groups is 1. The summed E-state index contributed by atoms with van der Waals surface area (Å²) < 4.78 is 0. The topological polar surface area (TPSA) is 32.3 Å². The van der Waals surface area contributed by atoms with Crippen molar-refractivity contribution < 1.29 is 4.79 Å². The highest BCUT2D eigenvalue weighted by Gasteiger charge is 2.31. The molecular formula is C15H23ClN2O. The van der Waals surface area contributed by atoms with Gasteiger partial charge in [0.25, 0.3) is 0 Å². The maximum atomic E-state index is 12.0. The molecule has 0 spiro atoms. The number of carbonyl (C=O) groups excluding carboxylic acids is 1. The van der Waals surface area contributed by atoms with Gasteiger partial charge in [-0.25, -0.2) is 0 Å². The predicted octanol–water partition coefficient (Wildman–Crippen LogP) is 2.38. The van der Waals surface area contributed by atoms with Crippen LogP contribution in [0.5, 0.6) is 0 Å². The lowest BCUT2D eigenvalue weighted by Crippen LogP contribution is -2.38. The summed E-state index contributed by atoms with van der Waals surface area (Å²) in [5, 5.41) is 2.94. The molecule has 1 aliphatic carbocycles. The number of rotatable bonds is 6. The molecule has 1 saturated carbocycles. The largest absolute Gasteiger partial charge is 0.334 e. The third-order valence-corrected chi connectivity index (χ3v) is 3.42. The van der Waals surface area contributed by atoms with E-state index in [1.807, 2.05) is 11.9 Å². The number of nitrogens with zero attached hydrogens (tertiary/aromatic N) is 1. The van der Waals surface area contributed by atoms with Gasteiger partial charge in [-0.2, -0.15) is 0 Å². The van der Waals surface area contributed by atoms with Crippen molar-refractivity contribution in [2.45, 2.75) is 38.8 Å². The van der Waals surface area contributed by atoms with Crippen molar-refractivity contribution in [1.82, 2.24) is 10.2 Å². The van der Waals surface area contributed by atoms with Gasteiger partial charge in [0.1, 0.15) is 0 Å². The first-order chi connectivity index (χ1) is 8.74. The summed E-state index contributed by atoms with van der Waals surface area (Å²) in [5.41, 5.74) is 2.57. The van der Waals surface area contributed by atoms with Crippen LogP contribution in [-0.2, 0) is 17.8 Å². The Morgan fingerprint density at radius 1 is 1.26 bits per heavy atom. The molecule has 1 N–H and O–H groups in total. The molecule has 1 aliphatic rings. The van der Waals surface area contributed by atoms with Crippen LogP contribution in [0.1, 0.15) is 30.9 Å². The zero-order valence-corrected chi connectivity index (χ0v) is 12.5. The van der Waals surface area contributed by atoms with Gasteiger partial charge in [-0.15, -0.1) is 12.4 Å². The lowest BCUT2D eigenvalue weighted by Gasteiger charge is -2.22. The number of benzene rings is 1. The summed E-state index contributed by atoms with van der Waals surface area (Å²) in [5.74, 6) is 0.208. The molecular weight excluding hydrogens is 260 g/mol. The van der Waals surface area contributed by atoms with Crippen molar-refractivity contribution in [1.29, 1.82) is 0 Å². The Morgan fingerprint density at radius 2 is 1.84 bits per heavy atom. The van der Waals surface area contributed by atoms with Crippen LogP contribution in [0.2, 0.25) is 0 Å². The van der Waals surface area contributed by atoms with E-state index >= 15 is 0 Å². The molecule has 1 fully saturated rings. The molecule has 0 unspecified atom stereocenters. The van der Waals surface area contributed by atoms with Crippen molar-refractivity contribution in [2.75, 3.05) is 13.6 Å². The van der Waals surface area contributed by atoms with E-state index in [1.54, 1.807) is 0 Å². The quantitative estimate of drug-likeness (QED) is 0.869. The van der Waals surface area contributed by atoms with Crippen LogP contribution < -0.4 is 5.32 Å². The smallest absolute Gasteiger partial charge is 0.237 e. The minimum Gasteiger partial charge on any atom is -0.334 e. The molecule has 1 aromatic rings. The third kappa shape index (κ3) is 4.51. The van der Waals surface area contributed by atoms with E-state index in [-0.39, 0.29) is 18.3 Å². The predicted molar refractivity (Wildman–Crippen MR) is 80.6 cm³/mol. The summed E-state index contributed by atoms with van der Waals surface area (Å²) in [7, 11) is 1.82. The van der Waals surface area contributed by atoms with Gasteiger partial charge in [0, 0.05) is 12.6 Å². The monoisotopic (exact) mass is 282 g/mol. The molecule has 0 bridgehead atoms. The number of nitrogens with one attached hydrogen (secondary N) is 1. The summed E-state index contributed by atoms with van der Waals surface area (Å²) >= 11 is 0. The first kappa shape index (κ1) is 16.0. The van der Waals surface area contributed by atoms with E-state index < -0.39 is 0 Å².